The number of likely N-dealkylation sites (tertiary alicyclic amines) is 1. The minimum Gasteiger partial charge on any atom is -0.491 e. The van der Waals surface area contributed by atoms with Crippen LogP contribution in [0.15, 0.2) is 30.0 Å². The molecule has 0 radical (unpaired) electrons. The molecule has 6 heteroatoms. The van der Waals surface area contributed by atoms with Gasteiger partial charge in [-0.15, -0.1) is 0 Å². The predicted molar refractivity (Wildman–Crippen MR) is 112 cm³/mol. The molecule has 2 aliphatic heterocycles. The maximum atomic E-state index is 13.2. The second-order valence-electron chi connectivity index (χ2n) is 8.14. The lowest BCUT2D eigenvalue weighted by Crippen LogP contribution is -2.39. The molecule has 1 saturated heterocycles. The minimum atomic E-state index is -0.236. The lowest BCUT2D eigenvalue weighted by atomic mass is 10.0. The van der Waals surface area contributed by atoms with Crippen molar-refractivity contribution >= 4 is 17.4 Å². The van der Waals surface area contributed by atoms with Crippen molar-refractivity contribution in [3.05, 3.63) is 35.5 Å². The second kappa shape index (κ2) is 9.44. The molecular formula is C23H32N2O4. The molecule has 3 rings (SSSR count). The summed E-state index contributed by atoms with van der Waals surface area (Å²) in [5, 5.41) is 0. The predicted octanol–water partition coefficient (Wildman–Crippen LogP) is 3.46. The van der Waals surface area contributed by atoms with Crippen LogP contribution in [0.5, 0.6) is 5.75 Å². The van der Waals surface area contributed by atoms with Crippen LogP contribution in [-0.4, -0.2) is 60.1 Å². The zero-order chi connectivity index (χ0) is 21.0. The molecule has 0 unspecified atom stereocenters. The second-order valence-corrected chi connectivity index (χ2v) is 8.14. The van der Waals surface area contributed by atoms with Gasteiger partial charge in [0.15, 0.2) is 0 Å². The quantitative estimate of drug-likeness (QED) is 0.626. The van der Waals surface area contributed by atoms with Crippen molar-refractivity contribution in [1.29, 1.82) is 0 Å². The molecule has 2 heterocycles. The Morgan fingerprint density at radius 1 is 0.897 bits per heavy atom. The van der Waals surface area contributed by atoms with Gasteiger partial charge in [-0.1, -0.05) is 12.1 Å². The summed E-state index contributed by atoms with van der Waals surface area (Å²) in [6.45, 7) is 10.1. The van der Waals surface area contributed by atoms with Gasteiger partial charge in [-0.3, -0.25) is 14.5 Å². The van der Waals surface area contributed by atoms with Crippen LogP contribution in [0.3, 0.4) is 0 Å². The summed E-state index contributed by atoms with van der Waals surface area (Å²) in [4.78, 5) is 29.9. The molecule has 158 valence electrons. The van der Waals surface area contributed by atoms with Crippen molar-refractivity contribution in [2.24, 2.45) is 0 Å². The third-order valence-corrected chi connectivity index (χ3v) is 5.10. The van der Waals surface area contributed by atoms with Gasteiger partial charge in [0.05, 0.1) is 30.9 Å². The van der Waals surface area contributed by atoms with Crippen LogP contribution in [0.4, 0.5) is 0 Å². The Morgan fingerprint density at radius 2 is 1.55 bits per heavy atom. The fourth-order valence-corrected chi connectivity index (χ4v) is 3.79. The lowest BCUT2D eigenvalue weighted by molar-refractivity contribution is -0.138. The third-order valence-electron chi connectivity index (χ3n) is 5.10. The Morgan fingerprint density at radius 3 is 2.14 bits per heavy atom. The van der Waals surface area contributed by atoms with E-state index in [0.717, 1.165) is 43.7 Å². The van der Waals surface area contributed by atoms with Crippen molar-refractivity contribution < 1.29 is 19.1 Å². The molecule has 0 N–H and O–H groups in total. The fraction of sp³-hybridized carbons (Fsp3) is 0.565. The zero-order valence-corrected chi connectivity index (χ0v) is 17.9. The molecule has 1 aromatic carbocycles. The van der Waals surface area contributed by atoms with E-state index in [1.54, 1.807) is 0 Å². The van der Waals surface area contributed by atoms with Crippen LogP contribution in [0.2, 0.25) is 0 Å². The number of ether oxygens (including phenoxy) is 2. The van der Waals surface area contributed by atoms with Gasteiger partial charge in [0.25, 0.3) is 11.8 Å². The first-order valence-corrected chi connectivity index (χ1v) is 10.6. The van der Waals surface area contributed by atoms with Crippen LogP contribution in [0.1, 0.15) is 52.5 Å². The molecule has 6 nitrogen and oxygen atoms in total. The monoisotopic (exact) mass is 400 g/mol. The van der Waals surface area contributed by atoms with E-state index < -0.39 is 0 Å². The summed E-state index contributed by atoms with van der Waals surface area (Å²) >= 11 is 0. The van der Waals surface area contributed by atoms with E-state index in [1.165, 1.54) is 4.90 Å². The van der Waals surface area contributed by atoms with E-state index in [0.29, 0.717) is 17.9 Å². The largest absolute Gasteiger partial charge is 0.491 e. The van der Waals surface area contributed by atoms with Gasteiger partial charge in [-0.05, 0) is 64.7 Å². The zero-order valence-electron chi connectivity index (χ0n) is 17.9. The standard InChI is InChI=1S/C23H32N2O4/c1-16(2)28-15-14-25-22(26)20(18-8-10-19(11-9-18)29-17(3)4)21(23(25)27)24-12-6-5-7-13-24/h8-11,16-17H,5-7,12-15H2,1-4H3. The number of hydrogen-bond donors (Lipinski definition) is 0. The first-order chi connectivity index (χ1) is 13.9. The Kier molecular flexibility index (Phi) is 6.96. The van der Waals surface area contributed by atoms with E-state index in [-0.39, 0.29) is 30.6 Å². The molecule has 1 fully saturated rings. The molecule has 0 aliphatic carbocycles. The molecule has 2 aliphatic rings. The van der Waals surface area contributed by atoms with Crippen molar-refractivity contribution in [2.75, 3.05) is 26.2 Å². The highest BCUT2D eigenvalue weighted by molar-refractivity contribution is 6.35. The van der Waals surface area contributed by atoms with E-state index in [2.05, 4.69) is 4.90 Å². The van der Waals surface area contributed by atoms with E-state index in [1.807, 2.05) is 52.0 Å². The molecule has 0 aromatic heterocycles. The summed E-state index contributed by atoms with van der Waals surface area (Å²) in [6.07, 6.45) is 3.38. The first kappa shape index (κ1) is 21.4. The topological polar surface area (TPSA) is 59.1 Å². The van der Waals surface area contributed by atoms with Crippen LogP contribution >= 0.6 is 0 Å². The summed E-state index contributed by atoms with van der Waals surface area (Å²) < 4.78 is 11.3. The van der Waals surface area contributed by atoms with E-state index in [9.17, 15) is 9.59 Å². The Labute approximate surface area is 173 Å². The lowest BCUT2D eigenvalue weighted by Gasteiger charge is -2.29. The van der Waals surface area contributed by atoms with Gasteiger partial charge in [0, 0.05) is 13.1 Å². The van der Waals surface area contributed by atoms with Crippen molar-refractivity contribution in [2.45, 2.75) is 59.2 Å². The molecule has 0 spiro atoms. The maximum absolute atomic E-state index is 13.2. The Hall–Kier alpha value is -2.34. The summed E-state index contributed by atoms with van der Waals surface area (Å²) in [6, 6.07) is 7.46. The minimum absolute atomic E-state index is 0.0605. The average Bonchev–Trinajstić information content (AvgIpc) is 2.93. The number of nitrogens with zero attached hydrogens (tertiary/aromatic N) is 2. The van der Waals surface area contributed by atoms with Gasteiger partial charge in [0.1, 0.15) is 11.4 Å². The van der Waals surface area contributed by atoms with Crippen LogP contribution < -0.4 is 4.74 Å². The summed E-state index contributed by atoms with van der Waals surface area (Å²) in [5.74, 6) is 0.310. The number of piperidine rings is 1. The van der Waals surface area contributed by atoms with Gasteiger partial charge >= 0.3 is 0 Å². The van der Waals surface area contributed by atoms with Crippen LogP contribution in [0, 0.1) is 0 Å². The van der Waals surface area contributed by atoms with Gasteiger partial charge in [-0.2, -0.15) is 0 Å². The van der Waals surface area contributed by atoms with Crippen molar-refractivity contribution in [1.82, 2.24) is 9.80 Å². The Bertz CT molecular complexity index is 762. The number of carbonyl (C=O) groups excluding carboxylic acids is 2. The molecular weight excluding hydrogens is 368 g/mol. The maximum Gasteiger partial charge on any atom is 0.277 e. The third kappa shape index (κ3) is 4.99. The smallest absolute Gasteiger partial charge is 0.277 e. The fourth-order valence-electron chi connectivity index (χ4n) is 3.79. The molecule has 1 aromatic rings. The molecule has 29 heavy (non-hydrogen) atoms. The van der Waals surface area contributed by atoms with Crippen LogP contribution in [-0.2, 0) is 14.3 Å². The van der Waals surface area contributed by atoms with Crippen LogP contribution in [0.25, 0.3) is 5.57 Å². The SMILES string of the molecule is CC(C)OCCN1C(=O)C(c2ccc(OC(C)C)cc2)=C(N2CCCCC2)C1=O. The van der Waals surface area contributed by atoms with E-state index in [4.69, 9.17) is 9.47 Å². The molecule has 2 amide bonds. The number of benzene rings is 1. The number of imide groups is 1. The number of carbonyl (C=O) groups is 2. The highest BCUT2D eigenvalue weighted by Crippen LogP contribution is 2.33. The average molecular weight is 401 g/mol. The molecule has 0 saturated carbocycles. The number of amides is 2. The van der Waals surface area contributed by atoms with Gasteiger partial charge in [0.2, 0.25) is 0 Å². The normalized spacial score (nSPS) is 17.9. The highest BCUT2D eigenvalue weighted by atomic mass is 16.5. The van der Waals surface area contributed by atoms with E-state index >= 15 is 0 Å². The van der Waals surface area contributed by atoms with Gasteiger partial charge < -0.3 is 14.4 Å². The summed E-state index contributed by atoms with van der Waals surface area (Å²) in [5.41, 5.74) is 1.79. The van der Waals surface area contributed by atoms with Crippen molar-refractivity contribution in [3.63, 3.8) is 0 Å². The number of hydrogen-bond acceptors (Lipinski definition) is 5. The number of rotatable bonds is 8. The molecule has 0 bridgehead atoms. The van der Waals surface area contributed by atoms with Crippen molar-refractivity contribution in [3.8, 4) is 5.75 Å². The first-order valence-electron chi connectivity index (χ1n) is 10.6. The molecule has 0 atom stereocenters. The highest BCUT2D eigenvalue weighted by Gasteiger charge is 2.41. The summed E-state index contributed by atoms with van der Waals surface area (Å²) in [7, 11) is 0. The van der Waals surface area contributed by atoms with Gasteiger partial charge in [-0.25, -0.2) is 0 Å². The Balaban J connectivity index is 1.90.